The normalized spacial score (nSPS) is 57.1. The van der Waals surface area contributed by atoms with Crippen LogP contribution < -0.4 is 0 Å². The molecule has 0 radical (unpaired) electrons. The van der Waals surface area contributed by atoms with Crippen molar-refractivity contribution in [3.8, 4) is 0 Å². The maximum atomic E-state index is 12.6. The predicted octanol–water partition coefficient (Wildman–Crippen LogP) is 4.61. The molecule has 124 valence electrons. The number of fused-ring (bicyclic) bond motifs is 1. The molecule has 1 spiro atoms. The van der Waals surface area contributed by atoms with Crippen LogP contribution in [0.3, 0.4) is 0 Å². The van der Waals surface area contributed by atoms with Crippen molar-refractivity contribution < 1.29 is 9.53 Å². The Morgan fingerprint density at radius 3 is 2.59 bits per heavy atom. The van der Waals surface area contributed by atoms with Gasteiger partial charge < -0.3 is 4.74 Å². The SMILES string of the molecule is CC(C)[C@H]1CC[C@]2(C)C[C@]34O[C@@]3(C)CC(=O)[C@@H]4[C@@H](C)CC[C@@H]12. The number of hydrogen-bond acceptors (Lipinski definition) is 2. The highest BCUT2D eigenvalue weighted by Gasteiger charge is 2.79. The van der Waals surface area contributed by atoms with Gasteiger partial charge in [0.1, 0.15) is 17.0 Å². The monoisotopic (exact) mass is 304 g/mol. The first-order valence-corrected chi connectivity index (χ1v) is 9.45. The zero-order valence-electron chi connectivity index (χ0n) is 14.9. The number of rotatable bonds is 1. The van der Waals surface area contributed by atoms with Gasteiger partial charge in [-0.3, -0.25) is 4.79 Å². The summed E-state index contributed by atoms with van der Waals surface area (Å²) in [6.45, 7) is 11.8. The van der Waals surface area contributed by atoms with Gasteiger partial charge in [-0.1, -0.05) is 27.7 Å². The molecule has 0 amide bonds. The van der Waals surface area contributed by atoms with Gasteiger partial charge in [-0.25, -0.2) is 0 Å². The van der Waals surface area contributed by atoms with Crippen LogP contribution in [0.5, 0.6) is 0 Å². The van der Waals surface area contributed by atoms with Crippen LogP contribution in [0.15, 0.2) is 0 Å². The highest BCUT2D eigenvalue weighted by Crippen LogP contribution is 2.70. The van der Waals surface area contributed by atoms with E-state index in [9.17, 15) is 4.79 Å². The Kier molecular flexibility index (Phi) is 3.02. The maximum Gasteiger partial charge on any atom is 0.142 e. The van der Waals surface area contributed by atoms with Crippen molar-refractivity contribution >= 4 is 5.78 Å². The van der Waals surface area contributed by atoms with Gasteiger partial charge in [-0.15, -0.1) is 0 Å². The van der Waals surface area contributed by atoms with E-state index < -0.39 is 0 Å². The topological polar surface area (TPSA) is 29.6 Å². The van der Waals surface area contributed by atoms with Crippen molar-refractivity contribution in [2.75, 3.05) is 0 Å². The third-order valence-electron chi connectivity index (χ3n) is 8.11. The molecule has 1 aliphatic heterocycles. The van der Waals surface area contributed by atoms with Gasteiger partial charge in [0.15, 0.2) is 0 Å². The van der Waals surface area contributed by atoms with Crippen molar-refractivity contribution in [3.05, 3.63) is 0 Å². The lowest BCUT2D eigenvalue weighted by molar-refractivity contribution is -0.128. The van der Waals surface area contributed by atoms with Crippen LogP contribution in [-0.2, 0) is 9.53 Å². The van der Waals surface area contributed by atoms with Crippen LogP contribution in [0.1, 0.15) is 73.1 Å². The molecular weight excluding hydrogens is 272 g/mol. The Morgan fingerprint density at radius 2 is 1.91 bits per heavy atom. The van der Waals surface area contributed by atoms with Crippen LogP contribution in [0.2, 0.25) is 0 Å². The fourth-order valence-electron chi connectivity index (χ4n) is 6.96. The number of ether oxygens (including phenoxy) is 1. The van der Waals surface area contributed by atoms with Crippen LogP contribution in [-0.4, -0.2) is 17.0 Å². The second kappa shape index (κ2) is 4.37. The number of epoxide rings is 1. The van der Waals surface area contributed by atoms with Gasteiger partial charge >= 0.3 is 0 Å². The average Bonchev–Trinajstić information content (AvgIpc) is 2.69. The van der Waals surface area contributed by atoms with Crippen molar-refractivity contribution in [2.24, 2.45) is 35.0 Å². The second-order valence-corrected chi connectivity index (χ2v) is 9.78. The lowest BCUT2D eigenvalue weighted by Crippen LogP contribution is -2.42. The summed E-state index contributed by atoms with van der Waals surface area (Å²) in [7, 11) is 0. The second-order valence-electron chi connectivity index (χ2n) is 9.78. The largest absolute Gasteiger partial charge is 0.362 e. The molecule has 4 rings (SSSR count). The summed E-state index contributed by atoms with van der Waals surface area (Å²) < 4.78 is 6.36. The molecule has 4 aliphatic rings. The van der Waals surface area contributed by atoms with E-state index in [0.717, 1.165) is 24.2 Å². The molecular formula is C20H32O2. The Bertz CT molecular complexity index is 512. The molecule has 0 unspecified atom stereocenters. The Hall–Kier alpha value is -0.370. The highest BCUT2D eigenvalue weighted by atomic mass is 16.6. The number of ketones is 1. The minimum Gasteiger partial charge on any atom is -0.362 e. The first-order valence-electron chi connectivity index (χ1n) is 9.45. The summed E-state index contributed by atoms with van der Waals surface area (Å²) in [6, 6.07) is 0. The van der Waals surface area contributed by atoms with Crippen molar-refractivity contribution in [3.63, 3.8) is 0 Å². The summed E-state index contributed by atoms with van der Waals surface area (Å²) in [5, 5.41) is 0. The third-order valence-corrected chi connectivity index (χ3v) is 8.11. The lowest BCUT2D eigenvalue weighted by atomic mass is 9.61. The van der Waals surface area contributed by atoms with Crippen LogP contribution in [0.25, 0.3) is 0 Å². The number of Topliss-reactive ketones (excluding diaryl/α,β-unsaturated/α-hetero) is 1. The molecule has 1 saturated heterocycles. The van der Waals surface area contributed by atoms with E-state index in [1.807, 2.05) is 0 Å². The van der Waals surface area contributed by atoms with Gasteiger partial charge in [0.25, 0.3) is 0 Å². The maximum absolute atomic E-state index is 12.6. The van der Waals surface area contributed by atoms with Crippen molar-refractivity contribution in [1.82, 2.24) is 0 Å². The van der Waals surface area contributed by atoms with E-state index in [4.69, 9.17) is 4.74 Å². The minimum absolute atomic E-state index is 0.108. The zero-order valence-corrected chi connectivity index (χ0v) is 14.9. The number of carbonyl (C=O) groups is 1. The molecule has 0 aromatic carbocycles. The minimum atomic E-state index is -0.135. The molecule has 7 atom stereocenters. The lowest BCUT2D eigenvalue weighted by Gasteiger charge is -2.42. The number of hydrogen-bond donors (Lipinski definition) is 0. The van der Waals surface area contributed by atoms with Crippen LogP contribution >= 0.6 is 0 Å². The third kappa shape index (κ3) is 1.74. The quantitative estimate of drug-likeness (QED) is 0.662. The first-order chi connectivity index (χ1) is 10.2. The summed E-state index contributed by atoms with van der Waals surface area (Å²) in [5.74, 6) is 3.64. The van der Waals surface area contributed by atoms with E-state index >= 15 is 0 Å². The summed E-state index contributed by atoms with van der Waals surface area (Å²) in [5.41, 5.74) is 0.141. The fourth-order valence-corrected chi connectivity index (χ4v) is 6.96. The Morgan fingerprint density at radius 1 is 1.18 bits per heavy atom. The standard InChI is InChI=1S/C20H32O2/c1-12(2)14-8-9-18(4)11-20-17(13(3)6-7-15(14)18)16(21)10-19(20,5)22-20/h12-15,17H,6-11H2,1-5H3/t13-,14+,15-,17-,18+,19-,20+/m0/s1. The molecule has 22 heavy (non-hydrogen) atoms. The van der Waals surface area contributed by atoms with E-state index in [1.165, 1.54) is 25.7 Å². The molecule has 3 saturated carbocycles. The molecule has 2 heteroatoms. The average molecular weight is 304 g/mol. The van der Waals surface area contributed by atoms with Crippen molar-refractivity contribution in [2.45, 2.75) is 84.3 Å². The summed E-state index contributed by atoms with van der Waals surface area (Å²) in [4.78, 5) is 12.6. The smallest absolute Gasteiger partial charge is 0.142 e. The molecule has 2 nitrogen and oxygen atoms in total. The van der Waals surface area contributed by atoms with E-state index in [2.05, 4.69) is 34.6 Å². The summed E-state index contributed by atoms with van der Waals surface area (Å²) in [6.07, 6.45) is 7.02. The molecule has 0 bridgehead atoms. The predicted molar refractivity (Wildman–Crippen MR) is 87.5 cm³/mol. The van der Waals surface area contributed by atoms with Gasteiger partial charge in [0, 0.05) is 6.42 Å². The molecule has 1 heterocycles. The first kappa shape index (κ1) is 15.2. The highest BCUT2D eigenvalue weighted by molar-refractivity contribution is 5.89. The van der Waals surface area contributed by atoms with Crippen LogP contribution in [0.4, 0.5) is 0 Å². The fraction of sp³-hybridized carbons (Fsp3) is 0.950. The van der Waals surface area contributed by atoms with Gasteiger partial charge in [-0.05, 0) is 68.1 Å². The van der Waals surface area contributed by atoms with Crippen molar-refractivity contribution in [1.29, 1.82) is 0 Å². The molecule has 3 aliphatic carbocycles. The van der Waals surface area contributed by atoms with E-state index in [-0.39, 0.29) is 17.1 Å². The Balaban J connectivity index is 1.71. The molecule has 0 N–H and O–H groups in total. The van der Waals surface area contributed by atoms with Gasteiger partial charge in [0.05, 0.1) is 5.92 Å². The van der Waals surface area contributed by atoms with Gasteiger partial charge in [-0.2, -0.15) is 0 Å². The van der Waals surface area contributed by atoms with Gasteiger partial charge in [0.2, 0.25) is 0 Å². The summed E-state index contributed by atoms with van der Waals surface area (Å²) >= 11 is 0. The zero-order chi connectivity index (χ0) is 15.9. The van der Waals surface area contributed by atoms with E-state index in [1.54, 1.807) is 0 Å². The Labute approximate surface area is 135 Å². The number of carbonyl (C=O) groups excluding carboxylic acids is 1. The molecule has 0 aromatic heterocycles. The van der Waals surface area contributed by atoms with Crippen LogP contribution in [0, 0.1) is 35.0 Å². The molecule has 0 aromatic rings. The molecule has 4 fully saturated rings. The van der Waals surface area contributed by atoms with E-state index in [0.29, 0.717) is 23.5 Å².